The zero-order valence-electron chi connectivity index (χ0n) is 11.7. The van der Waals surface area contributed by atoms with E-state index in [0.717, 1.165) is 38.6 Å². The van der Waals surface area contributed by atoms with Gasteiger partial charge >= 0.3 is 6.09 Å². The van der Waals surface area contributed by atoms with Crippen molar-refractivity contribution in [3.05, 3.63) is 0 Å². The van der Waals surface area contributed by atoms with Gasteiger partial charge in [-0.05, 0) is 59.3 Å². The Kier molecular flexibility index (Phi) is 3.58. The maximum atomic E-state index is 12.3. The molecule has 1 amide bonds. The van der Waals surface area contributed by atoms with Crippen LogP contribution < -0.4 is 0 Å². The van der Waals surface area contributed by atoms with E-state index in [0.29, 0.717) is 6.42 Å². The average Bonchev–Trinajstić information content (AvgIpc) is 2.58. The number of hydrogen-bond acceptors (Lipinski definition) is 3. The summed E-state index contributed by atoms with van der Waals surface area (Å²) in [6, 6.07) is 0. The molecule has 1 saturated carbocycles. The molecule has 2 fully saturated rings. The van der Waals surface area contributed by atoms with Gasteiger partial charge in [-0.2, -0.15) is 0 Å². The largest absolute Gasteiger partial charge is 0.444 e. The van der Waals surface area contributed by atoms with Gasteiger partial charge in [0.15, 0.2) is 0 Å². The van der Waals surface area contributed by atoms with Crippen LogP contribution in [0.3, 0.4) is 0 Å². The quantitative estimate of drug-likeness (QED) is 0.724. The monoisotopic (exact) mass is 255 g/mol. The molecule has 2 rings (SSSR count). The standard InChI is InChI=1S/C14H25NO3/c1-13(2,3)18-12(17)15-9-5-4-7-14(15)8-6-11(16)10-14/h11,16H,4-10H2,1-3H3. The highest BCUT2D eigenvalue weighted by molar-refractivity contribution is 5.69. The predicted octanol–water partition coefficient (Wildman–Crippen LogP) is 2.69. The van der Waals surface area contributed by atoms with Crippen LogP contribution >= 0.6 is 0 Å². The van der Waals surface area contributed by atoms with Crippen molar-refractivity contribution in [1.29, 1.82) is 0 Å². The summed E-state index contributed by atoms with van der Waals surface area (Å²) >= 11 is 0. The van der Waals surface area contributed by atoms with Crippen LogP contribution in [0.25, 0.3) is 0 Å². The van der Waals surface area contributed by atoms with Gasteiger partial charge in [0.2, 0.25) is 0 Å². The zero-order chi connectivity index (χ0) is 13.4. The van der Waals surface area contributed by atoms with Gasteiger partial charge in [-0.1, -0.05) is 0 Å². The van der Waals surface area contributed by atoms with E-state index < -0.39 is 5.60 Å². The second-order valence-corrected chi connectivity index (χ2v) is 6.71. The molecular weight excluding hydrogens is 230 g/mol. The lowest BCUT2D eigenvalue weighted by Crippen LogP contribution is -2.54. The number of aliphatic hydroxyl groups is 1. The minimum atomic E-state index is -0.451. The molecule has 104 valence electrons. The van der Waals surface area contributed by atoms with Crippen molar-refractivity contribution in [1.82, 2.24) is 4.90 Å². The van der Waals surface area contributed by atoms with Crippen LogP contribution in [0.1, 0.15) is 59.3 Å². The van der Waals surface area contributed by atoms with Crippen molar-refractivity contribution in [3.8, 4) is 0 Å². The highest BCUT2D eigenvalue weighted by Gasteiger charge is 2.47. The molecule has 1 saturated heterocycles. The summed E-state index contributed by atoms with van der Waals surface area (Å²) < 4.78 is 5.50. The van der Waals surface area contributed by atoms with Gasteiger partial charge in [-0.3, -0.25) is 0 Å². The lowest BCUT2D eigenvalue weighted by Gasteiger charge is -2.45. The molecule has 2 unspecified atom stereocenters. The molecule has 0 aromatic heterocycles. The summed E-state index contributed by atoms with van der Waals surface area (Å²) in [6.45, 7) is 6.45. The lowest BCUT2D eigenvalue weighted by atomic mass is 9.85. The minimum Gasteiger partial charge on any atom is -0.444 e. The van der Waals surface area contributed by atoms with Crippen molar-refractivity contribution >= 4 is 6.09 Å². The third-order valence-corrected chi connectivity index (χ3v) is 4.02. The summed E-state index contributed by atoms with van der Waals surface area (Å²) in [6.07, 6.45) is 5.15. The molecule has 1 aliphatic carbocycles. The van der Waals surface area contributed by atoms with Gasteiger partial charge < -0.3 is 14.7 Å². The molecule has 1 aliphatic heterocycles. The second-order valence-electron chi connectivity index (χ2n) is 6.71. The number of carbonyl (C=O) groups is 1. The molecular formula is C14H25NO3. The zero-order valence-corrected chi connectivity index (χ0v) is 11.7. The number of likely N-dealkylation sites (tertiary alicyclic amines) is 1. The first-order chi connectivity index (χ1) is 8.32. The Morgan fingerprint density at radius 1 is 1.33 bits per heavy atom. The third-order valence-electron chi connectivity index (χ3n) is 4.02. The van der Waals surface area contributed by atoms with Crippen molar-refractivity contribution in [2.24, 2.45) is 0 Å². The van der Waals surface area contributed by atoms with Gasteiger partial charge in [0.05, 0.1) is 6.10 Å². The fourth-order valence-corrected chi connectivity index (χ4v) is 3.25. The molecule has 4 heteroatoms. The van der Waals surface area contributed by atoms with E-state index >= 15 is 0 Å². The first kappa shape index (κ1) is 13.7. The second kappa shape index (κ2) is 4.72. The summed E-state index contributed by atoms with van der Waals surface area (Å²) in [7, 11) is 0. The molecule has 1 heterocycles. The molecule has 18 heavy (non-hydrogen) atoms. The number of ether oxygens (including phenoxy) is 1. The summed E-state index contributed by atoms with van der Waals surface area (Å²) in [5.74, 6) is 0. The van der Waals surface area contributed by atoms with Crippen molar-refractivity contribution < 1.29 is 14.6 Å². The van der Waals surface area contributed by atoms with E-state index in [1.807, 2.05) is 25.7 Å². The number of hydrogen-bond donors (Lipinski definition) is 1. The molecule has 0 aromatic rings. The topological polar surface area (TPSA) is 49.8 Å². The Hall–Kier alpha value is -0.770. The van der Waals surface area contributed by atoms with Crippen LogP contribution in [-0.2, 0) is 4.74 Å². The van der Waals surface area contributed by atoms with E-state index in [9.17, 15) is 9.90 Å². The molecule has 2 atom stereocenters. The number of aliphatic hydroxyl groups excluding tert-OH is 1. The molecule has 0 aromatic carbocycles. The van der Waals surface area contributed by atoms with E-state index in [1.165, 1.54) is 0 Å². The third kappa shape index (κ3) is 2.79. The maximum Gasteiger partial charge on any atom is 0.410 e. The van der Waals surface area contributed by atoms with Crippen molar-refractivity contribution in [2.75, 3.05) is 6.54 Å². The fraction of sp³-hybridized carbons (Fsp3) is 0.929. The van der Waals surface area contributed by atoms with Gasteiger partial charge in [-0.15, -0.1) is 0 Å². The normalized spacial score (nSPS) is 32.9. The van der Waals surface area contributed by atoms with E-state index in [2.05, 4.69) is 0 Å². The van der Waals surface area contributed by atoms with Gasteiger partial charge in [0, 0.05) is 12.1 Å². The first-order valence-corrected chi connectivity index (χ1v) is 7.01. The Balaban J connectivity index is 2.11. The molecule has 4 nitrogen and oxygen atoms in total. The highest BCUT2D eigenvalue weighted by atomic mass is 16.6. The maximum absolute atomic E-state index is 12.3. The number of carbonyl (C=O) groups excluding carboxylic acids is 1. The van der Waals surface area contributed by atoms with Gasteiger partial charge in [-0.25, -0.2) is 4.79 Å². The average molecular weight is 255 g/mol. The van der Waals surface area contributed by atoms with Crippen LogP contribution in [0.5, 0.6) is 0 Å². The Morgan fingerprint density at radius 2 is 2.06 bits per heavy atom. The smallest absolute Gasteiger partial charge is 0.410 e. The van der Waals surface area contributed by atoms with Crippen LogP contribution in [0, 0.1) is 0 Å². The van der Waals surface area contributed by atoms with E-state index in [4.69, 9.17) is 4.74 Å². The molecule has 0 radical (unpaired) electrons. The minimum absolute atomic E-state index is 0.139. The van der Waals surface area contributed by atoms with Crippen LogP contribution in [0.4, 0.5) is 4.79 Å². The number of piperidine rings is 1. The first-order valence-electron chi connectivity index (χ1n) is 7.01. The SMILES string of the molecule is CC(C)(C)OC(=O)N1CCCCC12CCC(O)C2. The number of nitrogens with zero attached hydrogens (tertiary/aromatic N) is 1. The molecule has 1 spiro atoms. The van der Waals surface area contributed by atoms with Crippen LogP contribution in [0.2, 0.25) is 0 Å². The number of amides is 1. The van der Waals surface area contributed by atoms with Gasteiger partial charge in [0.25, 0.3) is 0 Å². The molecule has 0 bridgehead atoms. The van der Waals surface area contributed by atoms with E-state index in [-0.39, 0.29) is 17.7 Å². The predicted molar refractivity (Wildman–Crippen MR) is 69.4 cm³/mol. The van der Waals surface area contributed by atoms with Crippen molar-refractivity contribution in [2.45, 2.75) is 76.5 Å². The summed E-state index contributed by atoms with van der Waals surface area (Å²) in [5.41, 5.74) is -0.590. The van der Waals surface area contributed by atoms with Crippen LogP contribution in [0.15, 0.2) is 0 Å². The van der Waals surface area contributed by atoms with Crippen LogP contribution in [-0.4, -0.2) is 39.9 Å². The fourth-order valence-electron chi connectivity index (χ4n) is 3.25. The Labute approximate surface area is 109 Å². The molecule has 1 N–H and O–H groups in total. The molecule has 2 aliphatic rings. The lowest BCUT2D eigenvalue weighted by molar-refractivity contribution is -0.0173. The highest BCUT2D eigenvalue weighted by Crippen LogP contribution is 2.42. The Bertz CT molecular complexity index is 319. The van der Waals surface area contributed by atoms with Crippen molar-refractivity contribution in [3.63, 3.8) is 0 Å². The van der Waals surface area contributed by atoms with E-state index in [1.54, 1.807) is 0 Å². The Morgan fingerprint density at radius 3 is 2.61 bits per heavy atom. The number of rotatable bonds is 0. The summed E-state index contributed by atoms with van der Waals surface area (Å²) in [5, 5.41) is 9.80. The van der Waals surface area contributed by atoms with Gasteiger partial charge in [0.1, 0.15) is 5.60 Å². The summed E-state index contributed by atoms with van der Waals surface area (Å²) in [4.78, 5) is 14.2.